The van der Waals surface area contributed by atoms with Gasteiger partial charge in [0.2, 0.25) is 0 Å². The van der Waals surface area contributed by atoms with Crippen LogP contribution in [0, 0.1) is 6.92 Å². The van der Waals surface area contributed by atoms with Gasteiger partial charge >= 0.3 is 0 Å². The molecule has 1 fully saturated rings. The Balaban J connectivity index is 1.79. The average Bonchev–Trinajstić information content (AvgIpc) is 3.11. The normalized spacial score (nSPS) is 14.2. The maximum Gasteiger partial charge on any atom is 0.272 e. The van der Waals surface area contributed by atoms with Crippen molar-refractivity contribution < 1.29 is 4.79 Å². The van der Waals surface area contributed by atoms with Gasteiger partial charge in [-0.05, 0) is 48.9 Å². The number of likely N-dealkylation sites (tertiary alicyclic amines) is 1. The number of anilines is 2. The molecule has 126 valence electrons. The van der Waals surface area contributed by atoms with Crippen molar-refractivity contribution in [1.29, 1.82) is 0 Å². The number of nitrogens with zero attached hydrogens (tertiary/aromatic N) is 2. The molecule has 0 aliphatic carbocycles. The second-order valence-electron chi connectivity index (χ2n) is 6.75. The quantitative estimate of drug-likeness (QED) is 0.901. The summed E-state index contributed by atoms with van der Waals surface area (Å²) in [5.41, 5.74) is 5.05. The van der Waals surface area contributed by atoms with Crippen molar-refractivity contribution in [1.82, 2.24) is 9.88 Å². The lowest BCUT2D eigenvalue weighted by atomic mass is 9.98. The maximum atomic E-state index is 12.4. The van der Waals surface area contributed by atoms with Crippen molar-refractivity contribution in [3.63, 3.8) is 0 Å². The number of para-hydroxylation sites is 1. The molecule has 1 amide bonds. The van der Waals surface area contributed by atoms with Crippen LogP contribution in [0.15, 0.2) is 36.5 Å². The second-order valence-corrected chi connectivity index (χ2v) is 6.75. The molecule has 1 aliphatic heterocycles. The molecule has 0 spiro atoms. The van der Waals surface area contributed by atoms with Crippen LogP contribution in [-0.4, -0.2) is 28.9 Å². The number of carbonyl (C=O) groups is 1. The van der Waals surface area contributed by atoms with E-state index in [1.165, 1.54) is 11.1 Å². The zero-order chi connectivity index (χ0) is 17.1. The van der Waals surface area contributed by atoms with Gasteiger partial charge in [-0.3, -0.25) is 4.79 Å². The molecule has 0 bridgehead atoms. The standard InChI is InChI=1S/C20H25N3O/c1-14(2)17-8-6-7-15(3)19(17)22-16-9-10-18(21-13-16)20(24)23-11-4-5-12-23/h6-10,13-14,22H,4-5,11-12H2,1-3H3. The Kier molecular flexibility index (Phi) is 4.84. The predicted octanol–water partition coefficient (Wildman–Crippen LogP) is 4.49. The highest BCUT2D eigenvalue weighted by Gasteiger charge is 2.20. The molecule has 2 heterocycles. The lowest BCUT2D eigenvalue weighted by Gasteiger charge is -2.18. The highest BCUT2D eigenvalue weighted by Crippen LogP contribution is 2.30. The molecule has 1 aromatic carbocycles. The van der Waals surface area contributed by atoms with E-state index in [0.717, 1.165) is 37.3 Å². The average molecular weight is 323 g/mol. The van der Waals surface area contributed by atoms with Gasteiger partial charge in [0.05, 0.1) is 11.9 Å². The lowest BCUT2D eigenvalue weighted by molar-refractivity contribution is 0.0787. The van der Waals surface area contributed by atoms with Crippen LogP contribution in [0.1, 0.15) is 54.2 Å². The minimum Gasteiger partial charge on any atom is -0.354 e. The summed E-state index contributed by atoms with van der Waals surface area (Å²) in [5, 5.41) is 3.47. The van der Waals surface area contributed by atoms with Crippen LogP contribution in [0.25, 0.3) is 0 Å². The van der Waals surface area contributed by atoms with E-state index >= 15 is 0 Å². The van der Waals surface area contributed by atoms with E-state index in [0.29, 0.717) is 11.6 Å². The number of aromatic nitrogens is 1. The predicted molar refractivity (Wildman–Crippen MR) is 97.9 cm³/mol. The van der Waals surface area contributed by atoms with Gasteiger partial charge in [0.15, 0.2) is 0 Å². The number of hydrogen-bond acceptors (Lipinski definition) is 3. The molecule has 0 radical (unpaired) electrons. The molecule has 2 aromatic rings. The molecule has 24 heavy (non-hydrogen) atoms. The van der Waals surface area contributed by atoms with Crippen LogP contribution in [-0.2, 0) is 0 Å². The molecular weight excluding hydrogens is 298 g/mol. The van der Waals surface area contributed by atoms with Crippen molar-refractivity contribution in [3.05, 3.63) is 53.3 Å². The van der Waals surface area contributed by atoms with Crippen molar-refractivity contribution in [2.75, 3.05) is 18.4 Å². The molecule has 0 saturated carbocycles. The van der Waals surface area contributed by atoms with Gasteiger partial charge in [0, 0.05) is 18.8 Å². The zero-order valence-electron chi connectivity index (χ0n) is 14.7. The Morgan fingerprint density at radius 1 is 1.17 bits per heavy atom. The summed E-state index contributed by atoms with van der Waals surface area (Å²) in [5.74, 6) is 0.481. The van der Waals surface area contributed by atoms with Crippen LogP contribution in [0.5, 0.6) is 0 Å². The van der Waals surface area contributed by atoms with E-state index in [-0.39, 0.29) is 5.91 Å². The van der Waals surface area contributed by atoms with E-state index in [4.69, 9.17) is 0 Å². The van der Waals surface area contributed by atoms with Gasteiger partial charge in [0.1, 0.15) is 5.69 Å². The molecule has 3 rings (SSSR count). The first-order valence-corrected chi connectivity index (χ1v) is 8.68. The monoisotopic (exact) mass is 323 g/mol. The van der Waals surface area contributed by atoms with Gasteiger partial charge in [-0.2, -0.15) is 0 Å². The van der Waals surface area contributed by atoms with Crippen LogP contribution < -0.4 is 5.32 Å². The van der Waals surface area contributed by atoms with E-state index < -0.39 is 0 Å². The van der Waals surface area contributed by atoms with E-state index in [2.05, 4.69) is 49.3 Å². The smallest absolute Gasteiger partial charge is 0.272 e. The third-order valence-corrected chi connectivity index (χ3v) is 4.57. The molecule has 4 nitrogen and oxygen atoms in total. The first-order chi connectivity index (χ1) is 11.6. The van der Waals surface area contributed by atoms with Crippen molar-refractivity contribution >= 4 is 17.3 Å². The number of aryl methyl sites for hydroxylation is 1. The lowest BCUT2D eigenvalue weighted by Crippen LogP contribution is -2.28. The first kappa shape index (κ1) is 16.5. The topological polar surface area (TPSA) is 45.2 Å². The fourth-order valence-electron chi connectivity index (χ4n) is 3.16. The number of hydrogen-bond donors (Lipinski definition) is 1. The number of nitrogens with one attached hydrogen (secondary N) is 1. The van der Waals surface area contributed by atoms with Gasteiger partial charge in [-0.15, -0.1) is 0 Å². The Hall–Kier alpha value is -2.36. The van der Waals surface area contributed by atoms with E-state index in [9.17, 15) is 4.79 Å². The Morgan fingerprint density at radius 3 is 2.54 bits per heavy atom. The molecule has 4 heteroatoms. The summed E-state index contributed by atoms with van der Waals surface area (Å²) in [4.78, 5) is 18.6. The number of pyridine rings is 1. The molecule has 0 unspecified atom stereocenters. The minimum absolute atomic E-state index is 0.0396. The Labute approximate surface area is 143 Å². The summed E-state index contributed by atoms with van der Waals surface area (Å²) < 4.78 is 0. The Morgan fingerprint density at radius 2 is 1.92 bits per heavy atom. The van der Waals surface area contributed by atoms with E-state index in [1.54, 1.807) is 6.20 Å². The summed E-state index contributed by atoms with van der Waals surface area (Å²) in [6, 6.07) is 10.1. The van der Waals surface area contributed by atoms with Crippen LogP contribution in [0.3, 0.4) is 0 Å². The molecular formula is C20H25N3O. The number of benzene rings is 1. The van der Waals surface area contributed by atoms with Gasteiger partial charge in [-0.25, -0.2) is 4.98 Å². The number of amides is 1. The zero-order valence-corrected chi connectivity index (χ0v) is 14.7. The number of rotatable bonds is 4. The minimum atomic E-state index is 0.0396. The highest BCUT2D eigenvalue weighted by atomic mass is 16.2. The van der Waals surface area contributed by atoms with Gasteiger partial charge in [-0.1, -0.05) is 32.0 Å². The summed E-state index contributed by atoms with van der Waals surface area (Å²) in [6.07, 6.45) is 3.94. The molecule has 1 N–H and O–H groups in total. The van der Waals surface area contributed by atoms with Crippen LogP contribution in [0.4, 0.5) is 11.4 Å². The van der Waals surface area contributed by atoms with E-state index in [1.807, 2.05) is 17.0 Å². The third-order valence-electron chi connectivity index (χ3n) is 4.57. The fraction of sp³-hybridized carbons (Fsp3) is 0.400. The highest BCUT2D eigenvalue weighted by molar-refractivity contribution is 5.92. The first-order valence-electron chi connectivity index (χ1n) is 8.68. The van der Waals surface area contributed by atoms with Crippen LogP contribution in [0.2, 0.25) is 0 Å². The van der Waals surface area contributed by atoms with Crippen molar-refractivity contribution in [2.24, 2.45) is 0 Å². The molecule has 0 atom stereocenters. The molecule has 1 aliphatic rings. The van der Waals surface area contributed by atoms with Crippen molar-refractivity contribution in [3.8, 4) is 0 Å². The Bertz CT molecular complexity index is 716. The molecule has 1 saturated heterocycles. The summed E-state index contributed by atoms with van der Waals surface area (Å²) >= 11 is 0. The van der Waals surface area contributed by atoms with Crippen molar-refractivity contribution in [2.45, 2.75) is 39.5 Å². The second kappa shape index (κ2) is 7.04. The van der Waals surface area contributed by atoms with Gasteiger partial charge < -0.3 is 10.2 Å². The summed E-state index contributed by atoms with van der Waals surface area (Å²) in [6.45, 7) is 8.18. The number of carbonyl (C=O) groups excluding carboxylic acids is 1. The summed E-state index contributed by atoms with van der Waals surface area (Å²) in [7, 11) is 0. The molecule has 1 aromatic heterocycles. The maximum absolute atomic E-state index is 12.4. The third kappa shape index (κ3) is 3.42. The van der Waals surface area contributed by atoms with Gasteiger partial charge in [0.25, 0.3) is 5.91 Å². The SMILES string of the molecule is Cc1cccc(C(C)C)c1Nc1ccc(C(=O)N2CCCC2)nc1. The van der Waals surface area contributed by atoms with Crippen LogP contribution >= 0.6 is 0 Å². The largest absolute Gasteiger partial charge is 0.354 e. The fourth-order valence-corrected chi connectivity index (χ4v) is 3.16.